The van der Waals surface area contributed by atoms with Crippen LogP contribution in [0.5, 0.6) is 0 Å². The van der Waals surface area contributed by atoms with Crippen molar-refractivity contribution in [2.75, 3.05) is 0 Å². The van der Waals surface area contributed by atoms with E-state index < -0.39 is 40.5 Å². The molecular weight excluding hydrogens is 450 g/mol. The van der Waals surface area contributed by atoms with Gasteiger partial charge in [0.1, 0.15) is 5.54 Å². The second-order valence-corrected chi connectivity index (χ2v) is 10.5. The zero-order chi connectivity index (χ0) is 24.1. The van der Waals surface area contributed by atoms with Crippen LogP contribution in [0.3, 0.4) is 0 Å². The van der Waals surface area contributed by atoms with Crippen LogP contribution in [0, 0.1) is 23.7 Å². The molecule has 1 aromatic carbocycles. The minimum absolute atomic E-state index is 0.00123. The van der Waals surface area contributed by atoms with Gasteiger partial charge < -0.3 is 0 Å². The van der Waals surface area contributed by atoms with Crippen LogP contribution in [0.4, 0.5) is 26.3 Å². The molecule has 6 rings (SSSR count). The highest BCUT2D eigenvalue weighted by Gasteiger charge is 2.62. The standard InChI is InChI=1S/C23H24F6N2O2/c1-21(2)20(33)30(18-13-4-11-3-12(6-13)7-14(18)5-11)31(21)19(32)15-8-16(22(24,25)26)10-17(9-15)23(27,28)29/h8-14,18H,3-7H2,1-2H3. The third kappa shape index (κ3) is 3.43. The van der Waals surface area contributed by atoms with Crippen molar-refractivity contribution in [1.82, 2.24) is 10.0 Å². The van der Waals surface area contributed by atoms with Crippen molar-refractivity contribution >= 4 is 11.8 Å². The van der Waals surface area contributed by atoms with Crippen LogP contribution in [-0.2, 0) is 17.1 Å². The van der Waals surface area contributed by atoms with Crippen molar-refractivity contribution in [1.29, 1.82) is 0 Å². The summed E-state index contributed by atoms with van der Waals surface area (Å²) in [5.41, 5.74) is -5.18. The van der Waals surface area contributed by atoms with Crippen LogP contribution in [-0.4, -0.2) is 33.4 Å². The fraction of sp³-hybridized carbons (Fsp3) is 0.652. The van der Waals surface area contributed by atoms with E-state index in [4.69, 9.17) is 0 Å². The van der Waals surface area contributed by atoms with E-state index in [1.54, 1.807) is 0 Å². The predicted octanol–water partition coefficient (Wildman–Crippen LogP) is 5.53. The van der Waals surface area contributed by atoms with Gasteiger partial charge in [0.25, 0.3) is 11.8 Å². The van der Waals surface area contributed by atoms with Crippen LogP contribution >= 0.6 is 0 Å². The molecule has 4 bridgehead atoms. The second kappa shape index (κ2) is 6.88. The molecule has 1 heterocycles. The summed E-state index contributed by atoms with van der Waals surface area (Å²) in [4.78, 5) is 26.5. The Morgan fingerprint density at radius 1 is 0.848 bits per heavy atom. The fourth-order valence-corrected chi connectivity index (χ4v) is 6.80. The van der Waals surface area contributed by atoms with Gasteiger partial charge in [-0.1, -0.05) is 0 Å². The number of halogens is 6. The molecule has 4 saturated carbocycles. The third-order valence-electron chi connectivity index (χ3n) is 7.96. The summed E-state index contributed by atoms with van der Waals surface area (Å²) in [6.45, 7) is 2.94. The first-order chi connectivity index (χ1) is 15.2. The molecule has 1 saturated heterocycles. The predicted molar refractivity (Wildman–Crippen MR) is 104 cm³/mol. The molecule has 180 valence electrons. The molecule has 5 aliphatic rings. The van der Waals surface area contributed by atoms with Crippen LogP contribution in [0.15, 0.2) is 18.2 Å². The van der Waals surface area contributed by atoms with Crippen molar-refractivity contribution in [2.45, 2.75) is 69.9 Å². The lowest BCUT2D eigenvalue weighted by molar-refractivity contribution is -0.230. The van der Waals surface area contributed by atoms with Crippen molar-refractivity contribution in [2.24, 2.45) is 23.7 Å². The van der Waals surface area contributed by atoms with Crippen molar-refractivity contribution in [3.63, 3.8) is 0 Å². The van der Waals surface area contributed by atoms with Crippen LogP contribution in [0.25, 0.3) is 0 Å². The normalized spacial score (nSPS) is 32.8. The molecule has 2 amide bonds. The summed E-state index contributed by atoms with van der Waals surface area (Å²) in [5, 5.41) is 2.45. The number of nitrogens with zero attached hydrogens (tertiary/aromatic N) is 2. The highest BCUT2D eigenvalue weighted by Crippen LogP contribution is 2.57. The number of carbonyl (C=O) groups excluding carboxylic acids is 2. The van der Waals surface area contributed by atoms with Crippen LogP contribution < -0.4 is 0 Å². The minimum atomic E-state index is -5.06. The Kier molecular flexibility index (Phi) is 4.70. The van der Waals surface area contributed by atoms with E-state index in [0.717, 1.165) is 30.7 Å². The quantitative estimate of drug-likeness (QED) is 0.529. The molecule has 0 N–H and O–H groups in total. The number of hydrazine groups is 1. The third-order valence-corrected chi connectivity index (χ3v) is 7.96. The Bertz CT molecular complexity index is 955. The van der Waals surface area contributed by atoms with Crippen molar-refractivity contribution < 1.29 is 35.9 Å². The van der Waals surface area contributed by atoms with Gasteiger partial charge in [0.05, 0.1) is 17.2 Å². The van der Waals surface area contributed by atoms with Gasteiger partial charge in [-0.25, -0.2) is 10.0 Å². The molecule has 4 aliphatic carbocycles. The van der Waals surface area contributed by atoms with Crippen LogP contribution in [0.1, 0.15) is 67.4 Å². The van der Waals surface area contributed by atoms with Crippen molar-refractivity contribution in [3.05, 3.63) is 34.9 Å². The van der Waals surface area contributed by atoms with Gasteiger partial charge >= 0.3 is 12.4 Å². The number of benzene rings is 1. The SMILES string of the molecule is CC1(C)C(=O)N(C2C3CC4CC(C3)CC2C4)N1C(=O)c1cc(C(F)(F)F)cc(C(F)(F)F)c1. The molecule has 33 heavy (non-hydrogen) atoms. The highest BCUT2D eigenvalue weighted by molar-refractivity contribution is 6.04. The Labute approximate surface area is 186 Å². The topological polar surface area (TPSA) is 40.6 Å². The summed E-state index contributed by atoms with van der Waals surface area (Å²) in [6.07, 6.45) is -5.20. The van der Waals surface area contributed by atoms with Gasteiger partial charge in [0.15, 0.2) is 0 Å². The lowest BCUT2D eigenvalue weighted by atomic mass is 9.53. The summed E-state index contributed by atoms with van der Waals surface area (Å²) in [6, 6.07) is 0.630. The van der Waals surface area contributed by atoms with Gasteiger partial charge in [-0.2, -0.15) is 26.3 Å². The van der Waals surface area contributed by atoms with Crippen LogP contribution in [0.2, 0.25) is 0 Å². The maximum absolute atomic E-state index is 13.4. The maximum Gasteiger partial charge on any atom is 0.416 e. The lowest BCUT2D eigenvalue weighted by Crippen LogP contribution is -2.80. The van der Waals surface area contributed by atoms with Gasteiger partial charge in [0.2, 0.25) is 0 Å². The van der Waals surface area contributed by atoms with E-state index in [1.165, 1.54) is 25.3 Å². The van der Waals surface area contributed by atoms with Crippen molar-refractivity contribution in [3.8, 4) is 0 Å². The molecule has 0 spiro atoms. The highest BCUT2D eigenvalue weighted by atomic mass is 19.4. The molecule has 4 nitrogen and oxygen atoms in total. The van der Waals surface area contributed by atoms with Gasteiger partial charge in [0, 0.05) is 5.56 Å². The second-order valence-electron chi connectivity index (χ2n) is 10.5. The van der Waals surface area contributed by atoms with E-state index in [-0.39, 0.29) is 29.9 Å². The summed E-state index contributed by atoms with van der Waals surface area (Å²) < 4.78 is 79.9. The molecule has 0 radical (unpaired) electrons. The first-order valence-corrected chi connectivity index (χ1v) is 11.2. The molecule has 0 atom stereocenters. The first-order valence-electron chi connectivity index (χ1n) is 11.2. The monoisotopic (exact) mass is 474 g/mol. The zero-order valence-electron chi connectivity index (χ0n) is 18.1. The number of rotatable bonds is 2. The van der Waals surface area contributed by atoms with E-state index in [2.05, 4.69) is 0 Å². The molecule has 1 aromatic rings. The molecule has 1 aliphatic heterocycles. The van der Waals surface area contributed by atoms with E-state index in [9.17, 15) is 35.9 Å². The molecule has 5 fully saturated rings. The number of amides is 2. The number of hydrogen-bond acceptors (Lipinski definition) is 2. The average molecular weight is 474 g/mol. The van der Waals surface area contributed by atoms with E-state index in [0.29, 0.717) is 24.0 Å². The largest absolute Gasteiger partial charge is 0.416 e. The Balaban J connectivity index is 1.52. The number of carbonyl (C=O) groups is 2. The summed E-state index contributed by atoms with van der Waals surface area (Å²) in [5.74, 6) is 0.235. The Morgan fingerprint density at radius 2 is 1.30 bits per heavy atom. The molecule has 10 heteroatoms. The summed E-state index contributed by atoms with van der Waals surface area (Å²) >= 11 is 0. The lowest BCUT2D eigenvalue weighted by Gasteiger charge is -2.65. The van der Waals surface area contributed by atoms with E-state index >= 15 is 0 Å². The van der Waals surface area contributed by atoms with Gasteiger partial charge in [-0.3, -0.25) is 9.59 Å². The fourth-order valence-electron chi connectivity index (χ4n) is 6.80. The molecule has 0 aromatic heterocycles. The Morgan fingerprint density at radius 3 is 1.73 bits per heavy atom. The number of hydrogen-bond donors (Lipinski definition) is 0. The van der Waals surface area contributed by atoms with E-state index in [1.807, 2.05) is 0 Å². The maximum atomic E-state index is 13.4. The Hall–Kier alpha value is -2.26. The summed E-state index contributed by atoms with van der Waals surface area (Å²) in [7, 11) is 0. The average Bonchev–Trinajstić information content (AvgIpc) is 2.69. The molecule has 0 unspecified atom stereocenters. The van der Waals surface area contributed by atoms with Gasteiger partial charge in [-0.15, -0.1) is 0 Å². The molecular formula is C23H24F6N2O2. The minimum Gasteiger partial charge on any atom is -0.270 e. The smallest absolute Gasteiger partial charge is 0.270 e. The first kappa shape index (κ1) is 22.5. The van der Waals surface area contributed by atoms with Gasteiger partial charge in [-0.05, 0) is 87.8 Å². The number of alkyl halides is 6. The zero-order valence-corrected chi connectivity index (χ0v) is 18.1.